The zero-order valence-corrected chi connectivity index (χ0v) is 18.3. The number of aliphatic carboxylic acids is 2. The molecule has 9 N–H and O–H groups in total. The molecule has 0 aliphatic heterocycles. The predicted octanol–water partition coefficient (Wildman–Crippen LogP) is 0.0857. The van der Waals surface area contributed by atoms with E-state index in [4.69, 9.17) is 16.6 Å². The molecule has 1 aromatic heterocycles. The summed E-state index contributed by atoms with van der Waals surface area (Å²) in [5, 5.41) is 24.3. The van der Waals surface area contributed by atoms with Crippen molar-refractivity contribution < 1.29 is 29.4 Å². The van der Waals surface area contributed by atoms with E-state index in [2.05, 4.69) is 15.6 Å². The number of hydrogen-bond donors (Lipinski definition) is 7. The van der Waals surface area contributed by atoms with Crippen LogP contribution in [0.1, 0.15) is 37.7 Å². The number of carbonyl (C=O) groups is 4. The Hall–Kier alpha value is -3.44. The van der Waals surface area contributed by atoms with Crippen LogP contribution in [-0.4, -0.2) is 63.6 Å². The third-order valence-corrected chi connectivity index (χ3v) is 5.30. The molecule has 2 aromatic rings. The number of hydrogen-bond acceptors (Lipinski definition) is 6. The van der Waals surface area contributed by atoms with Gasteiger partial charge in [-0.1, -0.05) is 18.2 Å². The van der Waals surface area contributed by atoms with Crippen LogP contribution in [0.2, 0.25) is 0 Å². The average Bonchev–Trinajstić information content (AvgIpc) is 3.19. The summed E-state index contributed by atoms with van der Waals surface area (Å²) in [4.78, 5) is 50.9. The quantitative estimate of drug-likeness (QED) is 0.192. The van der Waals surface area contributed by atoms with Gasteiger partial charge in [0.15, 0.2) is 0 Å². The standard InChI is InChI=1S/C22H31N5O6/c23-10-4-3-7-17(26-20(30)15(24)8-9-19(28)29)21(31)27-18(22(32)33)11-13-12-25-16-6-2-1-5-14(13)16/h1-2,5-6,12,15,17-18,25H,3-4,7-11,23-24H2,(H,26,30)(H,27,31)(H,28,29)(H,32,33)/t15-,17-,18-/m0/s1. The Morgan fingerprint density at radius 3 is 2.33 bits per heavy atom. The van der Waals surface area contributed by atoms with Gasteiger partial charge in [0, 0.05) is 29.9 Å². The summed E-state index contributed by atoms with van der Waals surface area (Å²) in [5.74, 6) is -3.62. The van der Waals surface area contributed by atoms with E-state index in [-0.39, 0.29) is 25.7 Å². The van der Waals surface area contributed by atoms with Gasteiger partial charge in [0.1, 0.15) is 12.1 Å². The molecular formula is C22H31N5O6. The highest BCUT2D eigenvalue weighted by molar-refractivity contribution is 5.92. The molecule has 2 amide bonds. The molecule has 11 heteroatoms. The van der Waals surface area contributed by atoms with Crippen LogP contribution in [0.5, 0.6) is 0 Å². The van der Waals surface area contributed by atoms with Gasteiger partial charge in [0.25, 0.3) is 0 Å². The smallest absolute Gasteiger partial charge is 0.326 e. The molecule has 1 heterocycles. The maximum Gasteiger partial charge on any atom is 0.326 e. The molecule has 0 bridgehead atoms. The number of unbranched alkanes of at least 4 members (excludes halogenated alkanes) is 1. The van der Waals surface area contributed by atoms with Crippen molar-refractivity contribution in [3.63, 3.8) is 0 Å². The minimum absolute atomic E-state index is 0.0483. The highest BCUT2D eigenvalue weighted by atomic mass is 16.4. The molecule has 0 aliphatic rings. The number of H-pyrrole nitrogens is 1. The zero-order chi connectivity index (χ0) is 24.4. The average molecular weight is 462 g/mol. The first-order chi connectivity index (χ1) is 15.7. The van der Waals surface area contributed by atoms with Crippen molar-refractivity contribution in [1.82, 2.24) is 15.6 Å². The minimum atomic E-state index is -1.22. The Kier molecular flexibility index (Phi) is 9.83. The summed E-state index contributed by atoms with van der Waals surface area (Å²) < 4.78 is 0. The van der Waals surface area contributed by atoms with Gasteiger partial charge in [-0.3, -0.25) is 14.4 Å². The molecule has 0 fully saturated rings. The second kappa shape index (κ2) is 12.6. The molecule has 0 radical (unpaired) electrons. The highest BCUT2D eigenvalue weighted by Gasteiger charge is 2.28. The van der Waals surface area contributed by atoms with Crippen LogP contribution in [0.3, 0.4) is 0 Å². The van der Waals surface area contributed by atoms with E-state index >= 15 is 0 Å². The number of fused-ring (bicyclic) bond motifs is 1. The normalized spacial score (nSPS) is 13.8. The van der Waals surface area contributed by atoms with Crippen molar-refractivity contribution >= 4 is 34.7 Å². The fourth-order valence-electron chi connectivity index (χ4n) is 3.44. The second-order valence-corrected chi connectivity index (χ2v) is 7.85. The van der Waals surface area contributed by atoms with E-state index in [1.165, 1.54) is 0 Å². The number of amides is 2. The third kappa shape index (κ3) is 7.88. The van der Waals surface area contributed by atoms with Crippen LogP contribution in [0, 0.1) is 0 Å². The molecule has 0 aliphatic carbocycles. The SMILES string of the molecule is NCCCC[C@H](NC(=O)[C@@H](N)CCC(=O)O)C(=O)N[C@@H](Cc1c[nH]c2ccccc12)C(=O)O. The number of carboxylic acids is 2. The largest absolute Gasteiger partial charge is 0.481 e. The van der Waals surface area contributed by atoms with Crippen molar-refractivity contribution in [3.8, 4) is 0 Å². The molecule has 0 spiro atoms. The number of nitrogens with two attached hydrogens (primary N) is 2. The van der Waals surface area contributed by atoms with Crippen LogP contribution in [-0.2, 0) is 25.6 Å². The molecular weight excluding hydrogens is 430 g/mol. The number of aromatic amines is 1. The number of rotatable bonds is 14. The molecule has 0 unspecified atom stereocenters. The lowest BCUT2D eigenvalue weighted by Crippen LogP contribution is -2.54. The third-order valence-electron chi connectivity index (χ3n) is 5.30. The first-order valence-corrected chi connectivity index (χ1v) is 10.8. The summed E-state index contributed by atoms with van der Waals surface area (Å²) in [7, 11) is 0. The van der Waals surface area contributed by atoms with Crippen molar-refractivity contribution in [1.29, 1.82) is 0 Å². The molecule has 3 atom stereocenters. The molecule has 180 valence electrons. The number of carbonyl (C=O) groups excluding carboxylic acids is 2. The zero-order valence-electron chi connectivity index (χ0n) is 18.3. The minimum Gasteiger partial charge on any atom is -0.481 e. The van der Waals surface area contributed by atoms with E-state index in [1.807, 2.05) is 24.3 Å². The van der Waals surface area contributed by atoms with Crippen molar-refractivity contribution in [2.45, 2.75) is 56.7 Å². The van der Waals surface area contributed by atoms with E-state index in [1.54, 1.807) is 6.20 Å². The Balaban J connectivity index is 2.09. The first-order valence-electron chi connectivity index (χ1n) is 10.8. The molecule has 11 nitrogen and oxygen atoms in total. The lowest BCUT2D eigenvalue weighted by molar-refractivity contribution is -0.142. The summed E-state index contributed by atoms with van der Waals surface area (Å²) in [6.45, 7) is 0.402. The Morgan fingerprint density at radius 2 is 1.67 bits per heavy atom. The maximum absolute atomic E-state index is 12.9. The van der Waals surface area contributed by atoms with Gasteiger partial charge in [-0.15, -0.1) is 0 Å². The van der Waals surface area contributed by atoms with E-state index in [9.17, 15) is 24.3 Å². The van der Waals surface area contributed by atoms with Crippen LogP contribution in [0.15, 0.2) is 30.5 Å². The van der Waals surface area contributed by atoms with Crippen LogP contribution in [0.25, 0.3) is 10.9 Å². The molecule has 0 saturated carbocycles. The fraction of sp³-hybridized carbons (Fsp3) is 0.455. The Bertz CT molecular complexity index is 975. The monoisotopic (exact) mass is 461 g/mol. The van der Waals surface area contributed by atoms with Crippen molar-refractivity contribution in [2.75, 3.05) is 6.54 Å². The van der Waals surface area contributed by atoms with Gasteiger partial charge in [-0.2, -0.15) is 0 Å². The highest BCUT2D eigenvalue weighted by Crippen LogP contribution is 2.19. The first kappa shape index (κ1) is 25.8. The lowest BCUT2D eigenvalue weighted by atomic mass is 10.0. The second-order valence-electron chi connectivity index (χ2n) is 7.85. The Labute approximate surface area is 190 Å². The van der Waals surface area contributed by atoms with Gasteiger partial charge >= 0.3 is 11.9 Å². The lowest BCUT2D eigenvalue weighted by Gasteiger charge is -2.23. The molecule has 2 rings (SSSR count). The fourth-order valence-corrected chi connectivity index (χ4v) is 3.44. The van der Waals surface area contributed by atoms with Crippen LogP contribution < -0.4 is 22.1 Å². The topological polar surface area (TPSA) is 201 Å². The summed E-state index contributed by atoms with van der Waals surface area (Å²) >= 11 is 0. The van der Waals surface area contributed by atoms with Crippen molar-refractivity contribution in [2.24, 2.45) is 11.5 Å². The number of nitrogens with one attached hydrogen (secondary N) is 3. The van der Waals surface area contributed by atoms with Gasteiger partial charge in [-0.25, -0.2) is 4.79 Å². The number of carboxylic acid groups (broad SMARTS) is 2. The number of para-hydroxylation sites is 1. The van der Waals surface area contributed by atoms with Crippen LogP contribution >= 0.6 is 0 Å². The summed E-state index contributed by atoms with van der Waals surface area (Å²) in [6, 6.07) is 4.07. The maximum atomic E-state index is 12.9. The summed E-state index contributed by atoms with van der Waals surface area (Å²) in [5.41, 5.74) is 12.8. The molecule has 33 heavy (non-hydrogen) atoms. The van der Waals surface area contributed by atoms with E-state index in [0.717, 1.165) is 16.5 Å². The van der Waals surface area contributed by atoms with E-state index in [0.29, 0.717) is 19.4 Å². The van der Waals surface area contributed by atoms with Gasteiger partial charge in [-0.05, 0) is 43.9 Å². The number of benzene rings is 1. The summed E-state index contributed by atoms with van der Waals surface area (Å²) in [6.07, 6.45) is 2.75. The van der Waals surface area contributed by atoms with Gasteiger partial charge in [0.2, 0.25) is 11.8 Å². The predicted molar refractivity (Wildman–Crippen MR) is 121 cm³/mol. The van der Waals surface area contributed by atoms with Gasteiger partial charge in [0.05, 0.1) is 6.04 Å². The van der Waals surface area contributed by atoms with Gasteiger partial charge < -0.3 is 37.3 Å². The number of aromatic nitrogens is 1. The molecule has 0 saturated heterocycles. The Morgan fingerprint density at radius 1 is 0.970 bits per heavy atom. The molecule has 1 aromatic carbocycles. The van der Waals surface area contributed by atoms with Crippen LogP contribution in [0.4, 0.5) is 0 Å². The van der Waals surface area contributed by atoms with Crippen molar-refractivity contribution in [3.05, 3.63) is 36.0 Å². The van der Waals surface area contributed by atoms with E-state index < -0.39 is 41.9 Å².